The fourth-order valence-electron chi connectivity index (χ4n) is 3.68. The van der Waals surface area contributed by atoms with E-state index >= 15 is 0 Å². The van der Waals surface area contributed by atoms with E-state index in [4.69, 9.17) is 9.73 Å². The Morgan fingerprint density at radius 2 is 1.85 bits per heavy atom. The van der Waals surface area contributed by atoms with Crippen LogP contribution in [0.2, 0.25) is 0 Å². The van der Waals surface area contributed by atoms with Gasteiger partial charge in [-0.05, 0) is 80.4 Å². The van der Waals surface area contributed by atoms with E-state index in [2.05, 4.69) is 44.3 Å². The zero-order valence-corrected chi connectivity index (χ0v) is 22.6. The number of rotatable bonds is 13. The summed E-state index contributed by atoms with van der Waals surface area (Å²) in [7, 11) is 0. The second kappa shape index (κ2) is 14.7. The SMILES string of the molecule is C/C=C(\C=C(\C)C=O)C(=Nc1cc(CNC(C(=O)OC(C)CCC)C(C)C)ccc1C)C(C)C. The van der Waals surface area contributed by atoms with Crippen LogP contribution >= 0.6 is 0 Å². The molecular weight excluding hydrogens is 424 g/mol. The van der Waals surface area contributed by atoms with Gasteiger partial charge < -0.3 is 10.1 Å². The van der Waals surface area contributed by atoms with Gasteiger partial charge in [0.15, 0.2) is 0 Å². The minimum absolute atomic E-state index is 0.0759. The predicted octanol–water partition coefficient (Wildman–Crippen LogP) is 6.66. The van der Waals surface area contributed by atoms with Crippen LogP contribution < -0.4 is 5.32 Å². The van der Waals surface area contributed by atoms with Gasteiger partial charge in [0.2, 0.25) is 0 Å². The zero-order chi connectivity index (χ0) is 25.8. The molecule has 5 nitrogen and oxygen atoms in total. The number of nitrogens with zero attached hydrogens (tertiary/aromatic N) is 1. The molecule has 0 fully saturated rings. The van der Waals surface area contributed by atoms with Gasteiger partial charge in [-0.2, -0.15) is 0 Å². The average Bonchev–Trinajstić information content (AvgIpc) is 2.77. The van der Waals surface area contributed by atoms with Crippen molar-refractivity contribution >= 4 is 23.7 Å². The number of allylic oxidation sites excluding steroid dienone is 4. The monoisotopic (exact) mass is 468 g/mol. The maximum absolute atomic E-state index is 12.7. The Morgan fingerprint density at radius 1 is 1.18 bits per heavy atom. The molecule has 0 amide bonds. The van der Waals surface area contributed by atoms with E-state index in [1.165, 1.54) is 0 Å². The number of carbonyl (C=O) groups excluding carboxylic acids is 2. The summed E-state index contributed by atoms with van der Waals surface area (Å²) in [6.07, 6.45) is 6.50. The number of benzene rings is 1. The molecule has 34 heavy (non-hydrogen) atoms. The summed E-state index contributed by atoms with van der Waals surface area (Å²) >= 11 is 0. The molecule has 1 rings (SSSR count). The highest BCUT2D eigenvalue weighted by atomic mass is 16.5. The molecule has 0 aliphatic heterocycles. The third-order valence-electron chi connectivity index (χ3n) is 5.70. The highest BCUT2D eigenvalue weighted by Crippen LogP contribution is 2.24. The smallest absolute Gasteiger partial charge is 0.323 e. The Balaban J connectivity index is 3.17. The van der Waals surface area contributed by atoms with Gasteiger partial charge in [-0.15, -0.1) is 0 Å². The van der Waals surface area contributed by atoms with E-state index in [0.29, 0.717) is 12.1 Å². The molecule has 5 heteroatoms. The van der Waals surface area contributed by atoms with Crippen LogP contribution in [0.4, 0.5) is 5.69 Å². The van der Waals surface area contributed by atoms with Crippen LogP contribution in [0.15, 0.2) is 46.5 Å². The third kappa shape index (κ3) is 9.38. The predicted molar refractivity (Wildman–Crippen MR) is 143 cm³/mol. The average molecular weight is 469 g/mol. The van der Waals surface area contributed by atoms with Crippen molar-refractivity contribution in [3.8, 4) is 0 Å². The van der Waals surface area contributed by atoms with Crippen LogP contribution in [-0.4, -0.2) is 30.1 Å². The maximum atomic E-state index is 12.7. The summed E-state index contributed by atoms with van der Waals surface area (Å²) in [4.78, 5) is 28.9. The lowest BCUT2D eigenvalue weighted by atomic mass is 9.97. The largest absolute Gasteiger partial charge is 0.462 e. The van der Waals surface area contributed by atoms with Crippen molar-refractivity contribution in [3.05, 3.63) is 52.6 Å². The van der Waals surface area contributed by atoms with Crippen molar-refractivity contribution in [1.29, 1.82) is 0 Å². The molecule has 1 aromatic carbocycles. The number of aldehydes is 1. The second-order valence-corrected chi connectivity index (χ2v) is 9.66. The number of hydrogen-bond donors (Lipinski definition) is 1. The van der Waals surface area contributed by atoms with Crippen molar-refractivity contribution in [2.45, 2.75) is 93.8 Å². The van der Waals surface area contributed by atoms with Crippen LogP contribution in [0.1, 0.15) is 79.4 Å². The van der Waals surface area contributed by atoms with Crippen LogP contribution in [0.5, 0.6) is 0 Å². The van der Waals surface area contributed by atoms with Crippen molar-refractivity contribution in [3.63, 3.8) is 0 Å². The number of ether oxygens (including phenoxy) is 1. The van der Waals surface area contributed by atoms with Gasteiger partial charge in [0.05, 0.1) is 17.5 Å². The summed E-state index contributed by atoms with van der Waals surface area (Å²) in [6, 6.07) is 5.81. The zero-order valence-electron chi connectivity index (χ0n) is 22.6. The highest BCUT2D eigenvalue weighted by molar-refractivity contribution is 6.06. The molecule has 2 unspecified atom stereocenters. The van der Waals surface area contributed by atoms with Crippen LogP contribution in [0.3, 0.4) is 0 Å². The Hall–Kier alpha value is -2.53. The van der Waals surface area contributed by atoms with Crippen LogP contribution in [0, 0.1) is 18.8 Å². The molecule has 1 N–H and O–H groups in total. The molecule has 0 heterocycles. The first kappa shape index (κ1) is 29.5. The molecule has 0 radical (unpaired) electrons. The van der Waals surface area contributed by atoms with Gasteiger partial charge in [-0.3, -0.25) is 14.6 Å². The fraction of sp³-hybridized carbons (Fsp3) is 0.552. The molecule has 1 aromatic rings. The first-order chi connectivity index (χ1) is 16.0. The van der Waals surface area contributed by atoms with Crippen LogP contribution in [-0.2, 0) is 20.9 Å². The van der Waals surface area contributed by atoms with Crippen molar-refractivity contribution in [2.24, 2.45) is 16.8 Å². The van der Waals surface area contributed by atoms with Gasteiger partial charge in [0.1, 0.15) is 12.3 Å². The summed E-state index contributed by atoms with van der Waals surface area (Å²) < 4.78 is 5.64. The molecule has 0 aliphatic rings. The Morgan fingerprint density at radius 3 is 2.38 bits per heavy atom. The van der Waals surface area contributed by atoms with E-state index in [0.717, 1.165) is 47.2 Å². The highest BCUT2D eigenvalue weighted by Gasteiger charge is 2.24. The van der Waals surface area contributed by atoms with Gasteiger partial charge in [-0.25, -0.2) is 0 Å². The summed E-state index contributed by atoms with van der Waals surface area (Å²) in [5.41, 5.74) is 5.56. The maximum Gasteiger partial charge on any atom is 0.323 e. The van der Waals surface area contributed by atoms with Crippen molar-refractivity contribution in [1.82, 2.24) is 5.32 Å². The number of aliphatic imine (C=N–C) groups is 1. The lowest BCUT2D eigenvalue weighted by Crippen LogP contribution is -2.42. The summed E-state index contributed by atoms with van der Waals surface area (Å²) in [5.74, 6) is 0.105. The van der Waals surface area contributed by atoms with Crippen LogP contribution in [0.25, 0.3) is 0 Å². The lowest BCUT2D eigenvalue weighted by Gasteiger charge is -2.23. The molecule has 188 valence electrons. The Bertz CT molecular complexity index is 910. The topological polar surface area (TPSA) is 67.8 Å². The number of esters is 1. The van der Waals surface area contributed by atoms with E-state index in [1.54, 1.807) is 6.92 Å². The first-order valence-electron chi connectivity index (χ1n) is 12.5. The van der Waals surface area contributed by atoms with Crippen molar-refractivity contribution < 1.29 is 14.3 Å². The molecule has 2 atom stereocenters. The lowest BCUT2D eigenvalue weighted by molar-refractivity contribution is -0.152. The number of hydrogen-bond acceptors (Lipinski definition) is 5. The van der Waals surface area contributed by atoms with E-state index < -0.39 is 0 Å². The normalized spacial score (nSPS) is 15.0. The molecule has 0 aromatic heterocycles. The Labute approximate surface area is 206 Å². The molecule has 0 spiro atoms. The minimum Gasteiger partial charge on any atom is -0.462 e. The first-order valence-corrected chi connectivity index (χ1v) is 12.5. The molecular formula is C29H44N2O3. The number of aryl methyl sites for hydroxylation is 1. The summed E-state index contributed by atoms with van der Waals surface area (Å²) in [5, 5.41) is 3.39. The summed E-state index contributed by atoms with van der Waals surface area (Å²) in [6.45, 7) is 18.6. The molecule has 0 saturated heterocycles. The number of nitrogens with one attached hydrogen (secondary N) is 1. The Kier molecular flexibility index (Phi) is 12.7. The van der Waals surface area contributed by atoms with E-state index in [9.17, 15) is 9.59 Å². The third-order valence-corrected chi connectivity index (χ3v) is 5.70. The minimum atomic E-state index is -0.370. The van der Waals surface area contributed by atoms with E-state index in [-0.39, 0.29) is 30.0 Å². The van der Waals surface area contributed by atoms with Gasteiger partial charge in [-0.1, -0.05) is 59.2 Å². The van der Waals surface area contributed by atoms with Gasteiger partial charge in [0, 0.05) is 6.54 Å². The second-order valence-electron chi connectivity index (χ2n) is 9.66. The quantitative estimate of drug-likeness (QED) is 0.116. The van der Waals surface area contributed by atoms with Gasteiger partial charge >= 0.3 is 5.97 Å². The number of carbonyl (C=O) groups is 2. The fourth-order valence-corrected chi connectivity index (χ4v) is 3.68. The molecule has 0 aliphatic carbocycles. The standard InChI is InChI=1S/C29H44N2O3/c1-10-12-23(9)34-29(33)28(20(5)6)30-17-24-14-13-22(8)26(16-24)31-27(19(3)4)25(11-2)15-21(7)18-32/h11,13-16,18-20,23,28,30H,10,12,17H2,1-9H3/b21-15-,25-11+,31-27?. The van der Waals surface area contributed by atoms with Gasteiger partial charge in [0.25, 0.3) is 0 Å². The molecule has 0 bridgehead atoms. The molecule has 0 saturated carbocycles. The van der Waals surface area contributed by atoms with E-state index in [1.807, 2.05) is 46.8 Å². The van der Waals surface area contributed by atoms with Crippen molar-refractivity contribution in [2.75, 3.05) is 0 Å².